The summed E-state index contributed by atoms with van der Waals surface area (Å²) in [5.41, 5.74) is 5.76. The summed E-state index contributed by atoms with van der Waals surface area (Å²) in [6.45, 7) is 3.11. The average Bonchev–Trinajstić information content (AvgIpc) is 2.29. The van der Waals surface area contributed by atoms with E-state index in [4.69, 9.17) is 5.73 Å². The first-order chi connectivity index (χ1) is 7.75. The molecular weight excluding hydrogens is 207 g/mol. The quantitative estimate of drug-likeness (QED) is 0.696. The van der Waals surface area contributed by atoms with Crippen molar-refractivity contribution in [3.63, 3.8) is 0 Å². The van der Waals surface area contributed by atoms with Gasteiger partial charge in [0.1, 0.15) is 6.33 Å². The molecule has 0 fully saturated rings. The summed E-state index contributed by atoms with van der Waals surface area (Å²) in [4.78, 5) is 7.62. The van der Waals surface area contributed by atoms with Crippen molar-refractivity contribution >= 4 is 5.82 Å². The number of hydrogen-bond donors (Lipinski definition) is 2. The second-order valence-corrected chi connectivity index (χ2v) is 3.75. The molecular formula is C11H19FN4. The first-order valence-electron chi connectivity index (χ1n) is 5.66. The first-order valence-corrected chi connectivity index (χ1v) is 5.66. The van der Waals surface area contributed by atoms with E-state index in [2.05, 4.69) is 15.3 Å². The van der Waals surface area contributed by atoms with Crippen molar-refractivity contribution in [2.75, 3.05) is 18.4 Å². The van der Waals surface area contributed by atoms with Crippen LogP contribution in [0.4, 0.5) is 10.2 Å². The molecule has 1 aromatic heterocycles. The van der Waals surface area contributed by atoms with E-state index >= 15 is 0 Å². The Morgan fingerprint density at radius 3 is 2.75 bits per heavy atom. The summed E-state index contributed by atoms with van der Waals surface area (Å²) >= 11 is 0. The number of unbranched alkanes of at least 4 members (excludes halogenated alkanes) is 3. The summed E-state index contributed by atoms with van der Waals surface area (Å²) < 4.78 is 13.4. The molecule has 1 aromatic rings. The Morgan fingerprint density at radius 2 is 2.00 bits per heavy atom. The number of aromatic nitrogens is 2. The minimum atomic E-state index is -0.357. The smallest absolute Gasteiger partial charge is 0.186 e. The molecule has 0 unspecified atom stereocenters. The number of nitrogens with zero attached hydrogens (tertiary/aromatic N) is 2. The number of anilines is 1. The molecule has 0 aliphatic heterocycles. The second-order valence-electron chi connectivity index (χ2n) is 3.75. The van der Waals surface area contributed by atoms with E-state index in [1.165, 1.54) is 6.33 Å². The van der Waals surface area contributed by atoms with Crippen molar-refractivity contribution in [1.82, 2.24) is 9.97 Å². The molecule has 0 bridgehead atoms. The second kappa shape index (κ2) is 7.11. The van der Waals surface area contributed by atoms with E-state index in [1.54, 1.807) is 6.92 Å². The third-order valence-corrected chi connectivity index (χ3v) is 2.39. The number of nitrogens with two attached hydrogens (primary N) is 1. The lowest BCUT2D eigenvalue weighted by Crippen LogP contribution is -2.07. The Hall–Kier alpha value is -1.23. The molecule has 0 radical (unpaired) electrons. The molecule has 5 heteroatoms. The van der Waals surface area contributed by atoms with Gasteiger partial charge in [-0.05, 0) is 26.3 Å². The lowest BCUT2D eigenvalue weighted by atomic mass is 10.2. The van der Waals surface area contributed by atoms with Crippen LogP contribution in [0.5, 0.6) is 0 Å². The van der Waals surface area contributed by atoms with Crippen LogP contribution >= 0.6 is 0 Å². The highest BCUT2D eigenvalue weighted by Crippen LogP contribution is 2.11. The van der Waals surface area contributed by atoms with Crippen LogP contribution in [-0.4, -0.2) is 23.1 Å². The highest BCUT2D eigenvalue weighted by Gasteiger charge is 2.05. The molecule has 0 aliphatic carbocycles. The van der Waals surface area contributed by atoms with Crippen molar-refractivity contribution in [3.8, 4) is 0 Å². The lowest BCUT2D eigenvalue weighted by Gasteiger charge is -2.06. The van der Waals surface area contributed by atoms with E-state index in [1.807, 2.05) is 0 Å². The Bertz CT molecular complexity index is 317. The molecule has 90 valence electrons. The largest absolute Gasteiger partial charge is 0.368 e. The van der Waals surface area contributed by atoms with Gasteiger partial charge in [-0.2, -0.15) is 0 Å². The van der Waals surface area contributed by atoms with Crippen molar-refractivity contribution in [3.05, 3.63) is 17.8 Å². The minimum absolute atomic E-state index is 0.298. The van der Waals surface area contributed by atoms with Gasteiger partial charge in [0.05, 0.1) is 5.69 Å². The fourth-order valence-electron chi connectivity index (χ4n) is 1.41. The van der Waals surface area contributed by atoms with Crippen LogP contribution < -0.4 is 11.1 Å². The topological polar surface area (TPSA) is 63.8 Å². The van der Waals surface area contributed by atoms with Crippen LogP contribution in [0.2, 0.25) is 0 Å². The molecule has 4 nitrogen and oxygen atoms in total. The molecule has 0 saturated carbocycles. The molecule has 0 amide bonds. The Balaban J connectivity index is 2.24. The summed E-state index contributed by atoms with van der Waals surface area (Å²) in [5.74, 6) is -0.0595. The number of hydrogen-bond acceptors (Lipinski definition) is 4. The van der Waals surface area contributed by atoms with Gasteiger partial charge in [0.25, 0.3) is 0 Å². The van der Waals surface area contributed by atoms with E-state index in [0.29, 0.717) is 11.5 Å². The summed E-state index contributed by atoms with van der Waals surface area (Å²) in [6, 6.07) is 0. The highest BCUT2D eigenvalue weighted by atomic mass is 19.1. The Kier molecular flexibility index (Phi) is 5.71. The van der Waals surface area contributed by atoms with Gasteiger partial charge in [-0.3, -0.25) is 0 Å². The molecule has 1 rings (SSSR count). The Morgan fingerprint density at radius 1 is 1.25 bits per heavy atom. The minimum Gasteiger partial charge on any atom is -0.368 e. The van der Waals surface area contributed by atoms with Crippen molar-refractivity contribution in [2.45, 2.75) is 32.6 Å². The molecule has 3 N–H and O–H groups in total. The van der Waals surface area contributed by atoms with Gasteiger partial charge in [0, 0.05) is 6.54 Å². The predicted octanol–water partition coefficient (Wildman–Crippen LogP) is 1.86. The number of nitrogens with one attached hydrogen (secondary N) is 1. The lowest BCUT2D eigenvalue weighted by molar-refractivity contribution is 0.602. The molecule has 0 aliphatic rings. The normalized spacial score (nSPS) is 10.4. The van der Waals surface area contributed by atoms with Gasteiger partial charge in [-0.25, -0.2) is 14.4 Å². The van der Waals surface area contributed by atoms with Gasteiger partial charge in [0.15, 0.2) is 11.6 Å². The fraction of sp³-hybridized carbons (Fsp3) is 0.636. The van der Waals surface area contributed by atoms with Gasteiger partial charge >= 0.3 is 0 Å². The maximum atomic E-state index is 13.4. The van der Waals surface area contributed by atoms with Gasteiger partial charge < -0.3 is 11.1 Å². The van der Waals surface area contributed by atoms with Crippen LogP contribution in [0, 0.1) is 12.7 Å². The zero-order chi connectivity index (χ0) is 11.8. The standard InChI is InChI=1S/C11H19FN4/c1-9-10(12)11(16-8-15-9)14-7-5-3-2-4-6-13/h8H,2-7,13H2,1H3,(H,14,15,16). The van der Waals surface area contributed by atoms with Crippen LogP contribution in [0.1, 0.15) is 31.4 Å². The van der Waals surface area contributed by atoms with Gasteiger partial charge in [-0.1, -0.05) is 12.8 Å². The monoisotopic (exact) mass is 226 g/mol. The van der Waals surface area contributed by atoms with Gasteiger partial charge in [0.2, 0.25) is 0 Å². The summed E-state index contributed by atoms with van der Waals surface area (Å²) in [5, 5.41) is 2.97. The third-order valence-electron chi connectivity index (χ3n) is 2.39. The van der Waals surface area contributed by atoms with Crippen LogP contribution in [-0.2, 0) is 0 Å². The Labute approximate surface area is 95.5 Å². The van der Waals surface area contributed by atoms with Crippen molar-refractivity contribution in [1.29, 1.82) is 0 Å². The zero-order valence-corrected chi connectivity index (χ0v) is 9.67. The van der Waals surface area contributed by atoms with E-state index in [9.17, 15) is 4.39 Å². The molecule has 0 atom stereocenters. The van der Waals surface area contributed by atoms with Gasteiger partial charge in [-0.15, -0.1) is 0 Å². The van der Waals surface area contributed by atoms with Crippen molar-refractivity contribution < 1.29 is 4.39 Å². The maximum absolute atomic E-state index is 13.4. The maximum Gasteiger partial charge on any atom is 0.186 e. The van der Waals surface area contributed by atoms with E-state index in [0.717, 1.165) is 38.8 Å². The fourth-order valence-corrected chi connectivity index (χ4v) is 1.41. The SMILES string of the molecule is Cc1ncnc(NCCCCCCN)c1F. The number of halogens is 1. The summed E-state index contributed by atoms with van der Waals surface area (Å²) in [7, 11) is 0. The first kappa shape index (κ1) is 12.8. The molecule has 0 spiro atoms. The van der Waals surface area contributed by atoms with Crippen molar-refractivity contribution in [2.24, 2.45) is 5.73 Å². The third kappa shape index (κ3) is 4.10. The molecule has 16 heavy (non-hydrogen) atoms. The van der Waals surface area contributed by atoms with Crippen LogP contribution in [0.3, 0.4) is 0 Å². The zero-order valence-electron chi connectivity index (χ0n) is 9.67. The number of rotatable bonds is 7. The predicted molar refractivity (Wildman–Crippen MR) is 62.7 cm³/mol. The molecule has 0 aromatic carbocycles. The van der Waals surface area contributed by atoms with E-state index < -0.39 is 0 Å². The van der Waals surface area contributed by atoms with Crippen LogP contribution in [0.15, 0.2) is 6.33 Å². The number of aryl methyl sites for hydroxylation is 1. The highest BCUT2D eigenvalue weighted by molar-refractivity contribution is 5.36. The molecule has 1 heterocycles. The average molecular weight is 226 g/mol. The van der Waals surface area contributed by atoms with E-state index in [-0.39, 0.29) is 5.82 Å². The summed E-state index contributed by atoms with van der Waals surface area (Å²) in [6.07, 6.45) is 5.66. The van der Waals surface area contributed by atoms with Crippen LogP contribution in [0.25, 0.3) is 0 Å². The molecule has 0 saturated heterocycles.